The summed E-state index contributed by atoms with van der Waals surface area (Å²) >= 11 is 0. The smallest absolute Gasteiger partial charge is 0.241 e. The Morgan fingerprint density at radius 1 is 1.11 bits per heavy atom. The molecular weight excluding hydrogens is 362 g/mol. The molecule has 0 aromatic heterocycles. The van der Waals surface area contributed by atoms with Crippen LogP contribution in [0.4, 0.5) is 0 Å². The summed E-state index contributed by atoms with van der Waals surface area (Å²) in [5.74, 6) is 0.703. The maximum absolute atomic E-state index is 12.6. The van der Waals surface area contributed by atoms with Gasteiger partial charge < -0.3 is 10.2 Å². The van der Waals surface area contributed by atoms with Crippen molar-refractivity contribution in [1.29, 1.82) is 0 Å². The predicted molar refractivity (Wildman–Crippen MR) is 108 cm³/mol. The van der Waals surface area contributed by atoms with E-state index in [0.29, 0.717) is 10.8 Å². The fraction of sp³-hybridized carbons (Fsp3) is 0.650. The van der Waals surface area contributed by atoms with E-state index >= 15 is 0 Å². The standard InChI is InChI=1S/C20H33N3O3S/c1-15-13-16(2)20(17(3)14-15)27(25,26)22-10-6-19(24)23-11-7-18(8-12-23)5-9-21-4/h13-14,18,21-22H,5-12H2,1-4H3. The Hall–Kier alpha value is -1.44. The number of aryl methyl sites for hydroxylation is 3. The van der Waals surface area contributed by atoms with Crippen molar-refractivity contribution in [2.75, 3.05) is 33.2 Å². The molecule has 2 N–H and O–H groups in total. The number of amides is 1. The van der Waals surface area contributed by atoms with E-state index < -0.39 is 10.0 Å². The van der Waals surface area contributed by atoms with Crippen LogP contribution in [0.1, 0.15) is 42.4 Å². The molecule has 7 heteroatoms. The first-order valence-electron chi connectivity index (χ1n) is 9.74. The Morgan fingerprint density at radius 3 is 2.26 bits per heavy atom. The van der Waals surface area contributed by atoms with Gasteiger partial charge >= 0.3 is 0 Å². The number of piperidine rings is 1. The second-order valence-corrected chi connectivity index (χ2v) is 9.30. The highest BCUT2D eigenvalue weighted by Gasteiger charge is 2.24. The second-order valence-electron chi connectivity index (χ2n) is 7.59. The first-order chi connectivity index (χ1) is 12.7. The Morgan fingerprint density at radius 2 is 1.70 bits per heavy atom. The van der Waals surface area contributed by atoms with Crippen LogP contribution in [0.2, 0.25) is 0 Å². The van der Waals surface area contributed by atoms with Gasteiger partial charge in [0.05, 0.1) is 4.90 Å². The quantitative estimate of drug-likeness (QED) is 0.707. The van der Waals surface area contributed by atoms with Crippen LogP contribution in [0.15, 0.2) is 17.0 Å². The molecule has 6 nitrogen and oxygen atoms in total. The molecule has 1 heterocycles. The van der Waals surface area contributed by atoms with Gasteiger partial charge in [-0.2, -0.15) is 0 Å². The topological polar surface area (TPSA) is 78.5 Å². The molecule has 1 fully saturated rings. The average Bonchev–Trinajstić information content (AvgIpc) is 2.59. The van der Waals surface area contributed by atoms with E-state index in [9.17, 15) is 13.2 Å². The molecule has 1 aromatic carbocycles. The SMILES string of the molecule is CNCCC1CCN(C(=O)CCNS(=O)(=O)c2c(C)cc(C)cc2C)CC1. The zero-order valence-electron chi connectivity index (χ0n) is 17.0. The molecule has 1 aliphatic rings. The highest BCUT2D eigenvalue weighted by atomic mass is 32.2. The lowest BCUT2D eigenvalue weighted by Crippen LogP contribution is -2.40. The van der Waals surface area contributed by atoms with E-state index in [0.717, 1.165) is 55.6 Å². The third-order valence-electron chi connectivity index (χ3n) is 5.27. The lowest BCUT2D eigenvalue weighted by molar-refractivity contribution is -0.132. The van der Waals surface area contributed by atoms with E-state index in [-0.39, 0.29) is 18.9 Å². The zero-order valence-corrected chi connectivity index (χ0v) is 17.8. The lowest BCUT2D eigenvalue weighted by Gasteiger charge is -2.32. The van der Waals surface area contributed by atoms with Gasteiger partial charge in [-0.15, -0.1) is 0 Å². The van der Waals surface area contributed by atoms with Crippen LogP contribution in [0.25, 0.3) is 0 Å². The van der Waals surface area contributed by atoms with Crippen molar-refractivity contribution in [3.63, 3.8) is 0 Å². The number of benzene rings is 1. The van der Waals surface area contributed by atoms with Crippen molar-refractivity contribution < 1.29 is 13.2 Å². The van der Waals surface area contributed by atoms with Crippen molar-refractivity contribution in [2.45, 2.75) is 51.3 Å². The van der Waals surface area contributed by atoms with Gasteiger partial charge in [-0.05, 0) is 70.7 Å². The van der Waals surface area contributed by atoms with Gasteiger partial charge in [0, 0.05) is 26.1 Å². The van der Waals surface area contributed by atoms with Crippen molar-refractivity contribution >= 4 is 15.9 Å². The van der Waals surface area contributed by atoms with Crippen LogP contribution >= 0.6 is 0 Å². The maximum atomic E-state index is 12.6. The number of rotatable bonds is 8. The fourth-order valence-corrected chi connectivity index (χ4v) is 5.41. The Kier molecular flexibility index (Phi) is 7.82. The first kappa shape index (κ1) is 21.9. The van der Waals surface area contributed by atoms with E-state index in [2.05, 4.69) is 10.0 Å². The summed E-state index contributed by atoms with van der Waals surface area (Å²) in [5, 5.41) is 3.17. The van der Waals surface area contributed by atoms with Gasteiger partial charge in [-0.1, -0.05) is 17.7 Å². The van der Waals surface area contributed by atoms with E-state index in [1.807, 2.05) is 31.0 Å². The molecule has 0 saturated carbocycles. The molecule has 152 valence electrons. The average molecular weight is 396 g/mol. The summed E-state index contributed by atoms with van der Waals surface area (Å²) in [4.78, 5) is 14.6. The molecule has 0 unspecified atom stereocenters. The molecule has 1 aliphatic heterocycles. The van der Waals surface area contributed by atoms with Crippen LogP contribution in [-0.4, -0.2) is 52.5 Å². The molecule has 1 aromatic rings. The summed E-state index contributed by atoms with van der Waals surface area (Å²) in [7, 11) is -1.65. The summed E-state index contributed by atoms with van der Waals surface area (Å²) in [6.45, 7) is 8.25. The monoisotopic (exact) mass is 395 g/mol. The van der Waals surface area contributed by atoms with Crippen LogP contribution in [-0.2, 0) is 14.8 Å². The Labute approximate surface area is 163 Å². The summed E-state index contributed by atoms with van der Waals surface area (Å²) in [6, 6.07) is 3.73. The van der Waals surface area contributed by atoms with Crippen molar-refractivity contribution in [3.8, 4) is 0 Å². The highest BCUT2D eigenvalue weighted by Crippen LogP contribution is 2.22. The predicted octanol–water partition coefficient (Wildman–Crippen LogP) is 2.13. The van der Waals surface area contributed by atoms with Crippen LogP contribution in [0.5, 0.6) is 0 Å². The number of hydrogen-bond donors (Lipinski definition) is 2. The van der Waals surface area contributed by atoms with Gasteiger partial charge in [0.2, 0.25) is 15.9 Å². The van der Waals surface area contributed by atoms with E-state index in [1.165, 1.54) is 0 Å². The fourth-order valence-electron chi connectivity index (χ4n) is 3.93. The largest absolute Gasteiger partial charge is 0.343 e. The maximum Gasteiger partial charge on any atom is 0.241 e. The van der Waals surface area contributed by atoms with Gasteiger partial charge in [0.25, 0.3) is 0 Å². The molecule has 0 aliphatic carbocycles. The minimum atomic E-state index is -3.61. The number of nitrogens with one attached hydrogen (secondary N) is 2. The molecule has 0 atom stereocenters. The first-order valence-corrected chi connectivity index (χ1v) is 11.2. The normalized spacial score (nSPS) is 15.9. The second kappa shape index (κ2) is 9.66. The van der Waals surface area contributed by atoms with E-state index in [1.54, 1.807) is 13.8 Å². The number of nitrogens with zero attached hydrogens (tertiary/aromatic N) is 1. The summed E-state index contributed by atoms with van der Waals surface area (Å²) in [6.07, 6.45) is 3.40. The number of carbonyl (C=O) groups excluding carboxylic acids is 1. The molecule has 1 saturated heterocycles. The highest BCUT2D eigenvalue weighted by molar-refractivity contribution is 7.89. The van der Waals surface area contributed by atoms with Gasteiger partial charge in [-0.3, -0.25) is 4.79 Å². The minimum Gasteiger partial charge on any atom is -0.343 e. The lowest BCUT2D eigenvalue weighted by atomic mass is 9.93. The zero-order chi connectivity index (χ0) is 20.0. The van der Waals surface area contributed by atoms with Crippen LogP contribution in [0, 0.1) is 26.7 Å². The van der Waals surface area contributed by atoms with Crippen molar-refractivity contribution in [2.24, 2.45) is 5.92 Å². The molecule has 2 rings (SSSR count). The minimum absolute atomic E-state index is 0.0297. The third-order valence-corrected chi connectivity index (χ3v) is 7.04. The van der Waals surface area contributed by atoms with Crippen molar-refractivity contribution in [3.05, 3.63) is 28.8 Å². The summed E-state index contributed by atoms with van der Waals surface area (Å²) < 4.78 is 27.9. The molecule has 0 bridgehead atoms. The number of likely N-dealkylation sites (tertiary alicyclic amines) is 1. The molecule has 0 spiro atoms. The number of sulfonamides is 1. The van der Waals surface area contributed by atoms with Crippen molar-refractivity contribution in [1.82, 2.24) is 14.9 Å². The third kappa shape index (κ3) is 6.02. The Bertz CT molecular complexity index is 731. The summed E-state index contributed by atoms with van der Waals surface area (Å²) in [5.41, 5.74) is 2.50. The molecular formula is C20H33N3O3S. The van der Waals surface area contributed by atoms with E-state index in [4.69, 9.17) is 0 Å². The van der Waals surface area contributed by atoms with Gasteiger partial charge in [0.1, 0.15) is 0 Å². The van der Waals surface area contributed by atoms with Crippen LogP contribution < -0.4 is 10.0 Å². The molecule has 27 heavy (non-hydrogen) atoms. The number of hydrogen-bond acceptors (Lipinski definition) is 4. The van der Waals surface area contributed by atoms with Gasteiger partial charge in [-0.25, -0.2) is 13.1 Å². The molecule has 1 amide bonds. The molecule has 0 radical (unpaired) electrons. The van der Waals surface area contributed by atoms with Gasteiger partial charge in [0.15, 0.2) is 0 Å². The van der Waals surface area contributed by atoms with Crippen LogP contribution in [0.3, 0.4) is 0 Å². The number of carbonyl (C=O) groups is 1. The Balaban J connectivity index is 1.85.